The maximum atomic E-state index is 6.01. The van der Waals surface area contributed by atoms with Crippen molar-refractivity contribution >= 4 is 0 Å². The Bertz CT molecular complexity index is 371. The molecule has 1 aliphatic carbocycles. The predicted octanol–water partition coefficient (Wildman–Crippen LogP) is 4.71. The Balaban J connectivity index is 2.10. The van der Waals surface area contributed by atoms with E-state index in [0.717, 1.165) is 36.3 Å². The summed E-state index contributed by atoms with van der Waals surface area (Å²) in [5, 5.41) is 3.66. The minimum atomic E-state index is 0.416. The van der Waals surface area contributed by atoms with Crippen molar-refractivity contribution in [1.29, 1.82) is 0 Å². The predicted molar refractivity (Wildman–Crippen MR) is 80.2 cm³/mol. The molecule has 0 saturated heterocycles. The van der Waals surface area contributed by atoms with Gasteiger partial charge in [0.2, 0.25) is 0 Å². The summed E-state index contributed by atoms with van der Waals surface area (Å²) < 4.78 is 6.01. The molecule has 108 valence electrons. The van der Waals surface area contributed by atoms with E-state index in [1.54, 1.807) is 0 Å². The quantitative estimate of drug-likeness (QED) is 0.804. The Labute approximate surface area is 118 Å². The maximum Gasteiger partial charge on any atom is 0.121 e. The monoisotopic (exact) mass is 263 g/mol. The average molecular weight is 263 g/mol. The fourth-order valence-electron chi connectivity index (χ4n) is 3.48. The van der Waals surface area contributed by atoms with E-state index in [0.29, 0.717) is 6.04 Å². The molecule has 0 aromatic carbocycles. The first kappa shape index (κ1) is 14.6. The van der Waals surface area contributed by atoms with Crippen LogP contribution in [-0.2, 0) is 6.42 Å². The van der Waals surface area contributed by atoms with Gasteiger partial charge in [0, 0.05) is 6.42 Å². The topological polar surface area (TPSA) is 25.2 Å². The summed E-state index contributed by atoms with van der Waals surface area (Å²) in [5.41, 5.74) is 0. The first-order valence-corrected chi connectivity index (χ1v) is 8.10. The molecular formula is C17H29NO. The number of furan rings is 1. The molecule has 2 rings (SSSR count). The highest BCUT2D eigenvalue weighted by molar-refractivity contribution is 5.12. The summed E-state index contributed by atoms with van der Waals surface area (Å²) in [6, 6.07) is 4.74. The molecule has 1 aromatic heterocycles. The second-order valence-corrected chi connectivity index (χ2v) is 5.89. The molecule has 0 aliphatic heterocycles. The van der Waals surface area contributed by atoms with Crippen LogP contribution in [0.4, 0.5) is 0 Å². The van der Waals surface area contributed by atoms with Crippen LogP contribution in [0, 0.1) is 11.8 Å². The smallest absolute Gasteiger partial charge is 0.121 e. The first-order chi connectivity index (χ1) is 9.28. The highest BCUT2D eigenvalue weighted by Gasteiger charge is 2.30. The van der Waals surface area contributed by atoms with Gasteiger partial charge in [-0.1, -0.05) is 40.0 Å². The normalized spacial score (nSPS) is 25.4. The van der Waals surface area contributed by atoms with Crippen LogP contribution in [0.15, 0.2) is 16.5 Å². The molecule has 1 N–H and O–H groups in total. The largest absolute Gasteiger partial charge is 0.464 e. The minimum absolute atomic E-state index is 0.416. The van der Waals surface area contributed by atoms with Crippen LogP contribution in [0.3, 0.4) is 0 Å². The molecule has 1 aromatic rings. The van der Waals surface area contributed by atoms with E-state index in [2.05, 4.69) is 38.2 Å². The highest BCUT2D eigenvalue weighted by atomic mass is 16.3. The van der Waals surface area contributed by atoms with Crippen LogP contribution in [0.2, 0.25) is 0 Å². The van der Waals surface area contributed by atoms with Crippen molar-refractivity contribution in [3.8, 4) is 0 Å². The van der Waals surface area contributed by atoms with Crippen LogP contribution in [0.5, 0.6) is 0 Å². The number of rotatable bonds is 6. The Morgan fingerprint density at radius 3 is 2.74 bits per heavy atom. The van der Waals surface area contributed by atoms with E-state index in [-0.39, 0.29) is 0 Å². The summed E-state index contributed by atoms with van der Waals surface area (Å²) in [5.74, 6) is 3.93. The molecule has 0 radical (unpaired) electrons. The average Bonchev–Trinajstić information content (AvgIpc) is 2.93. The third-order valence-corrected chi connectivity index (χ3v) is 4.63. The van der Waals surface area contributed by atoms with Gasteiger partial charge in [0.05, 0.1) is 6.04 Å². The summed E-state index contributed by atoms with van der Waals surface area (Å²) >= 11 is 0. The zero-order valence-corrected chi connectivity index (χ0v) is 12.7. The van der Waals surface area contributed by atoms with Gasteiger partial charge >= 0.3 is 0 Å². The molecule has 1 heterocycles. The molecule has 3 atom stereocenters. The second kappa shape index (κ2) is 7.14. The molecule has 0 bridgehead atoms. The second-order valence-electron chi connectivity index (χ2n) is 5.89. The zero-order chi connectivity index (χ0) is 13.7. The van der Waals surface area contributed by atoms with Crippen LogP contribution >= 0.6 is 0 Å². The Morgan fingerprint density at radius 2 is 2.11 bits per heavy atom. The van der Waals surface area contributed by atoms with E-state index in [1.165, 1.54) is 32.1 Å². The minimum Gasteiger partial charge on any atom is -0.464 e. The van der Waals surface area contributed by atoms with Crippen LogP contribution in [-0.4, -0.2) is 6.54 Å². The van der Waals surface area contributed by atoms with Crippen molar-refractivity contribution in [2.45, 2.75) is 65.3 Å². The Hall–Kier alpha value is -0.760. The summed E-state index contributed by atoms with van der Waals surface area (Å²) in [6.45, 7) is 7.69. The van der Waals surface area contributed by atoms with Crippen molar-refractivity contribution in [1.82, 2.24) is 5.32 Å². The van der Waals surface area contributed by atoms with Crippen molar-refractivity contribution in [2.24, 2.45) is 11.8 Å². The summed E-state index contributed by atoms with van der Waals surface area (Å²) in [7, 11) is 0. The van der Waals surface area contributed by atoms with Crippen LogP contribution < -0.4 is 5.32 Å². The van der Waals surface area contributed by atoms with Crippen molar-refractivity contribution in [2.75, 3.05) is 6.54 Å². The van der Waals surface area contributed by atoms with E-state index in [9.17, 15) is 0 Å². The SMILES string of the molecule is CCNC(c1ccc(CC)o1)C1CCCC(CC)C1. The number of hydrogen-bond acceptors (Lipinski definition) is 2. The third-order valence-electron chi connectivity index (χ3n) is 4.63. The lowest BCUT2D eigenvalue weighted by atomic mass is 9.76. The van der Waals surface area contributed by atoms with E-state index < -0.39 is 0 Å². The van der Waals surface area contributed by atoms with E-state index in [1.807, 2.05) is 0 Å². The molecule has 2 heteroatoms. The van der Waals surface area contributed by atoms with Crippen LogP contribution in [0.25, 0.3) is 0 Å². The number of nitrogens with one attached hydrogen (secondary N) is 1. The zero-order valence-electron chi connectivity index (χ0n) is 12.7. The van der Waals surface area contributed by atoms with Crippen molar-refractivity contribution in [3.05, 3.63) is 23.7 Å². The van der Waals surface area contributed by atoms with Gasteiger partial charge < -0.3 is 9.73 Å². The van der Waals surface area contributed by atoms with E-state index >= 15 is 0 Å². The molecule has 1 fully saturated rings. The highest BCUT2D eigenvalue weighted by Crippen LogP contribution is 2.38. The van der Waals surface area contributed by atoms with Gasteiger partial charge in [0.1, 0.15) is 11.5 Å². The molecular weight excluding hydrogens is 234 g/mol. The third kappa shape index (κ3) is 3.62. The van der Waals surface area contributed by atoms with Crippen molar-refractivity contribution < 1.29 is 4.42 Å². The molecule has 0 amide bonds. The maximum absolute atomic E-state index is 6.01. The lowest BCUT2D eigenvalue weighted by molar-refractivity contribution is 0.193. The van der Waals surface area contributed by atoms with Crippen LogP contribution in [0.1, 0.15) is 70.4 Å². The van der Waals surface area contributed by atoms with Gasteiger partial charge in [0.25, 0.3) is 0 Å². The first-order valence-electron chi connectivity index (χ1n) is 8.10. The summed E-state index contributed by atoms with van der Waals surface area (Å²) in [4.78, 5) is 0. The molecule has 1 aliphatic rings. The van der Waals surface area contributed by atoms with Gasteiger partial charge in [-0.05, 0) is 43.4 Å². The standard InChI is InChI=1S/C17H29NO/c1-4-13-8-7-9-14(12-13)17(18-6-3)16-11-10-15(5-2)19-16/h10-11,13-14,17-18H,4-9,12H2,1-3H3. The van der Waals surface area contributed by atoms with Crippen molar-refractivity contribution in [3.63, 3.8) is 0 Å². The lowest BCUT2D eigenvalue weighted by Gasteiger charge is -2.33. The lowest BCUT2D eigenvalue weighted by Crippen LogP contribution is -2.31. The van der Waals surface area contributed by atoms with Gasteiger partial charge in [-0.2, -0.15) is 0 Å². The van der Waals surface area contributed by atoms with E-state index in [4.69, 9.17) is 4.42 Å². The number of aryl methyl sites for hydroxylation is 1. The number of hydrogen-bond donors (Lipinski definition) is 1. The molecule has 0 spiro atoms. The van der Waals surface area contributed by atoms with Gasteiger partial charge in [0.15, 0.2) is 0 Å². The Kier molecular flexibility index (Phi) is 5.50. The van der Waals surface area contributed by atoms with Gasteiger partial charge in [-0.15, -0.1) is 0 Å². The molecule has 19 heavy (non-hydrogen) atoms. The summed E-state index contributed by atoms with van der Waals surface area (Å²) in [6.07, 6.45) is 7.82. The molecule has 1 saturated carbocycles. The molecule has 2 nitrogen and oxygen atoms in total. The molecule has 3 unspecified atom stereocenters. The van der Waals surface area contributed by atoms with Gasteiger partial charge in [-0.3, -0.25) is 0 Å². The van der Waals surface area contributed by atoms with Gasteiger partial charge in [-0.25, -0.2) is 0 Å². The fraction of sp³-hybridized carbons (Fsp3) is 0.765. The Morgan fingerprint density at radius 1 is 1.26 bits per heavy atom. The fourth-order valence-corrected chi connectivity index (χ4v) is 3.48.